The van der Waals surface area contributed by atoms with Crippen LogP contribution in [-0.4, -0.2) is 21.9 Å². The van der Waals surface area contributed by atoms with Gasteiger partial charge in [0, 0.05) is 13.8 Å². The van der Waals surface area contributed by atoms with Gasteiger partial charge >= 0.3 is 6.03 Å². The van der Waals surface area contributed by atoms with Crippen LogP contribution in [0.4, 0.5) is 4.79 Å². The highest BCUT2D eigenvalue weighted by Gasteiger charge is 2.44. The van der Waals surface area contributed by atoms with E-state index in [4.69, 9.17) is 0 Å². The van der Waals surface area contributed by atoms with E-state index in [9.17, 15) is 4.79 Å². The third-order valence-corrected chi connectivity index (χ3v) is 1.59. The highest BCUT2D eigenvalue weighted by molar-refractivity contribution is 5.67. The van der Waals surface area contributed by atoms with Crippen molar-refractivity contribution in [1.82, 2.24) is 5.32 Å². The summed E-state index contributed by atoms with van der Waals surface area (Å²) in [6.45, 7) is 9.61. The lowest BCUT2D eigenvalue weighted by Crippen LogP contribution is -2.40. The van der Waals surface area contributed by atoms with E-state index in [0.717, 1.165) is 0 Å². The van der Waals surface area contributed by atoms with E-state index in [-0.39, 0.29) is 11.6 Å². The van der Waals surface area contributed by atoms with Crippen molar-refractivity contribution >= 4 is 6.03 Å². The minimum absolute atomic E-state index is 0.118. The number of carbonyl (C=O) groups excluding carboxylic acids is 1. The Morgan fingerprint density at radius 3 is 2.08 bits per heavy atom. The summed E-state index contributed by atoms with van der Waals surface area (Å²) in [6.07, 6.45) is 0. The van der Waals surface area contributed by atoms with E-state index in [0.29, 0.717) is 0 Å². The first-order chi connectivity index (χ1) is 5.22. The molecule has 68 valence electrons. The summed E-state index contributed by atoms with van der Waals surface area (Å²) < 4.78 is 1.49. The normalized spacial score (nSPS) is 22.1. The average Bonchev–Trinajstić information content (AvgIpc) is 2.03. The highest BCUT2D eigenvalue weighted by atomic mass is 16.2. The fourth-order valence-electron chi connectivity index (χ4n) is 1.09. The molecule has 4 nitrogen and oxygen atoms in total. The first-order valence-electron chi connectivity index (χ1n) is 4.07. The van der Waals surface area contributed by atoms with Gasteiger partial charge in [0.15, 0.2) is 0 Å². The van der Waals surface area contributed by atoms with Gasteiger partial charge < -0.3 is 0 Å². The smallest absolute Gasteiger partial charge is 0.208 e. The van der Waals surface area contributed by atoms with Crippen molar-refractivity contribution in [3.05, 3.63) is 0 Å². The second-order valence-corrected chi connectivity index (χ2v) is 4.57. The van der Waals surface area contributed by atoms with E-state index in [2.05, 4.69) is 10.4 Å². The van der Waals surface area contributed by atoms with Crippen LogP contribution >= 0.6 is 0 Å². The number of urea groups is 1. The Hall–Kier alpha value is -0.930. The standard InChI is InChI=1S/C8H15N3O/c1-7(2,3)11-6(12)9-8(4,5)10-11/h1-5H3/p+1. The number of hydrogen-bond donors (Lipinski definition) is 1. The molecule has 0 aromatic carbocycles. The summed E-state index contributed by atoms with van der Waals surface area (Å²) in [7, 11) is 0. The first-order valence-corrected chi connectivity index (χ1v) is 4.07. The van der Waals surface area contributed by atoms with Crippen LogP contribution in [0.1, 0.15) is 34.6 Å². The minimum Gasteiger partial charge on any atom is -0.208 e. The van der Waals surface area contributed by atoms with Crippen molar-refractivity contribution < 1.29 is 9.49 Å². The third kappa shape index (κ3) is 1.62. The van der Waals surface area contributed by atoms with Crippen molar-refractivity contribution in [2.24, 2.45) is 5.11 Å². The van der Waals surface area contributed by atoms with Crippen molar-refractivity contribution in [2.75, 3.05) is 0 Å². The lowest BCUT2D eigenvalue weighted by molar-refractivity contribution is -0.564. The summed E-state index contributed by atoms with van der Waals surface area (Å²) in [6, 6.07) is -0.118. The maximum atomic E-state index is 11.4. The zero-order valence-corrected chi connectivity index (χ0v) is 8.30. The Bertz CT molecular complexity index is 248. The Morgan fingerprint density at radius 1 is 1.42 bits per heavy atom. The van der Waals surface area contributed by atoms with E-state index < -0.39 is 5.66 Å². The van der Waals surface area contributed by atoms with Crippen LogP contribution in [-0.2, 0) is 0 Å². The molecule has 0 aromatic rings. The van der Waals surface area contributed by atoms with Crippen LogP contribution in [0.2, 0.25) is 0 Å². The SMILES string of the molecule is CC1(C)N=[N+](C(C)(C)C)C(=O)N1. The second kappa shape index (κ2) is 2.28. The molecule has 0 unspecified atom stereocenters. The Labute approximate surface area is 72.7 Å². The Morgan fingerprint density at radius 2 is 1.92 bits per heavy atom. The summed E-state index contributed by atoms with van der Waals surface area (Å²) in [4.78, 5) is 11.4. The van der Waals surface area contributed by atoms with Crippen LogP contribution in [0.5, 0.6) is 0 Å². The number of rotatable bonds is 0. The van der Waals surface area contributed by atoms with E-state index in [1.165, 1.54) is 4.70 Å². The number of nitrogens with zero attached hydrogens (tertiary/aromatic N) is 2. The van der Waals surface area contributed by atoms with Gasteiger partial charge in [0.25, 0.3) is 0 Å². The topological polar surface area (TPSA) is 44.5 Å². The molecule has 0 aromatic heterocycles. The van der Waals surface area contributed by atoms with Crippen LogP contribution < -0.4 is 5.32 Å². The molecule has 1 heterocycles. The van der Waals surface area contributed by atoms with Crippen molar-refractivity contribution in [3.8, 4) is 0 Å². The van der Waals surface area contributed by atoms with Gasteiger partial charge in [0.1, 0.15) is 5.54 Å². The Balaban J connectivity index is 3.00. The largest absolute Gasteiger partial charge is 0.514 e. The molecule has 4 heteroatoms. The summed E-state index contributed by atoms with van der Waals surface area (Å²) in [5.41, 5.74) is -0.692. The molecule has 0 aliphatic carbocycles. The van der Waals surface area contributed by atoms with Gasteiger partial charge in [-0.25, -0.2) is 5.32 Å². The molecule has 12 heavy (non-hydrogen) atoms. The lowest BCUT2D eigenvalue weighted by atomic mass is 10.1. The molecule has 1 rings (SSSR count). The molecule has 2 amide bonds. The average molecular weight is 170 g/mol. The molecule has 0 atom stereocenters. The molecule has 0 fully saturated rings. The first kappa shape index (κ1) is 9.16. The van der Waals surface area contributed by atoms with Crippen molar-refractivity contribution in [1.29, 1.82) is 0 Å². The third-order valence-electron chi connectivity index (χ3n) is 1.59. The van der Waals surface area contributed by atoms with Crippen LogP contribution in [0, 0.1) is 0 Å². The molecule has 0 spiro atoms. The number of amides is 2. The summed E-state index contributed by atoms with van der Waals surface area (Å²) >= 11 is 0. The maximum absolute atomic E-state index is 11.4. The predicted molar refractivity (Wildman–Crippen MR) is 45.1 cm³/mol. The quantitative estimate of drug-likeness (QED) is 0.552. The Kier molecular flexibility index (Phi) is 1.74. The number of azo groups is 2. The molecule has 0 radical (unpaired) electrons. The van der Waals surface area contributed by atoms with E-state index in [1.54, 1.807) is 0 Å². The second-order valence-electron chi connectivity index (χ2n) is 4.57. The van der Waals surface area contributed by atoms with Gasteiger partial charge in [-0.2, -0.15) is 4.79 Å². The fraction of sp³-hybridized carbons (Fsp3) is 0.875. The molecule has 1 N–H and O–H groups in total. The van der Waals surface area contributed by atoms with E-state index >= 15 is 0 Å². The van der Waals surface area contributed by atoms with Crippen molar-refractivity contribution in [3.63, 3.8) is 0 Å². The van der Waals surface area contributed by atoms with Crippen LogP contribution in [0.25, 0.3) is 0 Å². The highest BCUT2D eigenvalue weighted by Crippen LogP contribution is 2.18. The summed E-state index contributed by atoms with van der Waals surface area (Å²) in [5, 5.41) is 7.02. The fourth-order valence-corrected chi connectivity index (χ4v) is 1.09. The zero-order valence-electron chi connectivity index (χ0n) is 8.30. The van der Waals surface area contributed by atoms with E-state index in [1.807, 2.05) is 34.6 Å². The van der Waals surface area contributed by atoms with Gasteiger partial charge in [-0.1, -0.05) is 9.81 Å². The van der Waals surface area contributed by atoms with Crippen LogP contribution in [0.15, 0.2) is 5.11 Å². The van der Waals surface area contributed by atoms with Gasteiger partial charge in [0.2, 0.25) is 5.66 Å². The summed E-state index contributed by atoms with van der Waals surface area (Å²) in [5.74, 6) is 0. The maximum Gasteiger partial charge on any atom is 0.514 e. The number of hydrogen-bond acceptors (Lipinski definition) is 2. The minimum atomic E-state index is -0.454. The molecule has 1 aliphatic heterocycles. The molecule has 0 bridgehead atoms. The number of nitrogens with one attached hydrogen (secondary N) is 1. The number of carbonyl (C=O) groups is 1. The van der Waals surface area contributed by atoms with Gasteiger partial charge in [-0.15, -0.1) is 0 Å². The monoisotopic (exact) mass is 170 g/mol. The lowest BCUT2D eigenvalue weighted by Gasteiger charge is -2.12. The van der Waals surface area contributed by atoms with Gasteiger partial charge in [-0.05, 0) is 20.8 Å². The zero-order chi connectivity index (χ0) is 9.57. The molecular formula is C8H16N3O+. The molecular weight excluding hydrogens is 154 g/mol. The van der Waals surface area contributed by atoms with Gasteiger partial charge in [-0.3, -0.25) is 0 Å². The molecule has 0 saturated carbocycles. The van der Waals surface area contributed by atoms with Crippen molar-refractivity contribution in [2.45, 2.75) is 45.8 Å². The molecule has 0 saturated heterocycles. The van der Waals surface area contributed by atoms with Crippen LogP contribution in [0.3, 0.4) is 0 Å². The predicted octanol–water partition coefficient (Wildman–Crippen LogP) is 1.71. The molecule has 1 aliphatic rings. The van der Waals surface area contributed by atoms with Gasteiger partial charge in [0.05, 0.1) is 0 Å².